The second kappa shape index (κ2) is 6.15. The molecule has 0 amide bonds. The Morgan fingerprint density at radius 1 is 1.21 bits per heavy atom. The Balaban J connectivity index is 2.38. The van der Waals surface area contributed by atoms with E-state index in [9.17, 15) is 34.9 Å². The molecule has 0 unspecified atom stereocenters. The number of rotatable bonds is 7. The largest absolute Gasteiger partial charge is 0.481 e. The number of aliphatic carboxylic acids is 2. The van der Waals surface area contributed by atoms with E-state index in [0.717, 1.165) is 0 Å². The lowest BCUT2D eigenvalue weighted by Gasteiger charge is -2.45. The van der Waals surface area contributed by atoms with Crippen LogP contribution in [0.4, 0.5) is 0 Å². The smallest absolute Gasteiger partial charge is 0.320 e. The molecule has 1 aliphatic carbocycles. The van der Waals surface area contributed by atoms with Gasteiger partial charge in [-0.3, -0.25) is 34.7 Å². The molecule has 1 saturated heterocycles. The van der Waals surface area contributed by atoms with Gasteiger partial charge in [0, 0.05) is 22.7 Å². The quantitative estimate of drug-likeness (QED) is 0.367. The van der Waals surface area contributed by atoms with Gasteiger partial charge in [0.05, 0.1) is 19.5 Å². The molecule has 11 heteroatoms. The molecule has 132 valence electrons. The minimum Gasteiger partial charge on any atom is -0.481 e. The van der Waals surface area contributed by atoms with Crippen molar-refractivity contribution in [3.8, 4) is 0 Å². The number of carboxylic acids is 2. The lowest BCUT2D eigenvalue weighted by Crippen LogP contribution is -2.68. The first-order valence-corrected chi connectivity index (χ1v) is 7.27. The van der Waals surface area contributed by atoms with Crippen LogP contribution in [0.5, 0.6) is 0 Å². The van der Waals surface area contributed by atoms with Crippen molar-refractivity contribution in [2.75, 3.05) is 13.1 Å². The molecular weight excluding hydrogens is 326 g/mol. The molecule has 1 fully saturated rings. The van der Waals surface area contributed by atoms with E-state index in [2.05, 4.69) is 0 Å². The van der Waals surface area contributed by atoms with Crippen molar-refractivity contribution < 1.29 is 29.6 Å². The molecular formula is C13H17N3O8. The topological polar surface area (TPSA) is 164 Å². The summed E-state index contributed by atoms with van der Waals surface area (Å²) in [6.07, 6.45) is 1.63. The first-order chi connectivity index (χ1) is 11.1. The van der Waals surface area contributed by atoms with Crippen LogP contribution in [0.25, 0.3) is 0 Å². The summed E-state index contributed by atoms with van der Waals surface area (Å²) < 4.78 is 0. The first-order valence-electron chi connectivity index (χ1n) is 7.27. The molecule has 1 heterocycles. The van der Waals surface area contributed by atoms with Crippen LogP contribution < -0.4 is 0 Å². The van der Waals surface area contributed by atoms with Gasteiger partial charge in [0.2, 0.25) is 5.54 Å². The number of carbonyl (C=O) groups is 2. The van der Waals surface area contributed by atoms with Crippen LogP contribution >= 0.6 is 0 Å². The third-order valence-electron chi connectivity index (χ3n) is 4.64. The Kier molecular flexibility index (Phi) is 4.56. The Hall–Kier alpha value is -2.56. The third kappa shape index (κ3) is 3.07. The second-order valence-corrected chi connectivity index (χ2v) is 6.32. The number of carboxylic acid groups (broad SMARTS) is 2. The summed E-state index contributed by atoms with van der Waals surface area (Å²) in [7, 11) is 0. The molecule has 2 N–H and O–H groups in total. The van der Waals surface area contributed by atoms with Gasteiger partial charge >= 0.3 is 11.9 Å². The van der Waals surface area contributed by atoms with Crippen molar-refractivity contribution in [1.82, 2.24) is 4.90 Å². The van der Waals surface area contributed by atoms with Crippen LogP contribution in [0.15, 0.2) is 12.2 Å². The standard InChI is InChI=1S/C13H17N3O8/c17-10(18)3-2-9(11(19)20)14-7-12(15(21)22)4-1-5-13(6-12,8-14)16(23)24/h1,4,9H,2-3,5-8H2,(H,17,18)(H,19,20)/t9-,12-,13+/m0/s1. The summed E-state index contributed by atoms with van der Waals surface area (Å²) in [5.41, 5.74) is -3.38. The van der Waals surface area contributed by atoms with Gasteiger partial charge < -0.3 is 10.2 Å². The number of fused-ring (bicyclic) bond motifs is 2. The lowest BCUT2D eigenvalue weighted by atomic mass is 9.71. The molecule has 2 aliphatic rings. The minimum absolute atomic E-state index is 0.0304. The summed E-state index contributed by atoms with van der Waals surface area (Å²) in [5.74, 6) is -2.55. The number of piperidine rings is 1. The second-order valence-electron chi connectivity index (χ2n) is 6.32. The highest BCUT2D eigenvalue weighted by atomic mass is 16.6. The SMILES string of the molecule is O=C(O)CC[C@@H](C(=O)O)N1C[C@]2([N+](=O)[O-])C=CC[C@]([N+](=O)[O-])(C1)C2. The monoisotopic (exact) mass is 343 g/mol. The van der Waals surface area contributed by atoms with E-state index in [0.29, 0.717) is 0 Å². The molecule has 2 rings (SSSR count). The van der Waals surface area contributed by atoms with Gasteiger partial charge in [0.15, 0.2) is 0 Å². The fourth-order valence-electron chi connectivity index (χ4n) is 3.54. The molecule has 0 aromatic carbocycles. The average molecular weight is 343 g/mol. The Labute approximate surface area is 135 Å². The normalized spacial score (nSPS) is 30.5. The third-order valence-corrected chi connectivity index (χ3v) is 4.64. The number of nitrogens with zero attached hydrogens (tertiary/aromatic N) is 3. The molecule has 0 saturated carbocycles. The zero-order chi connectivity index (χ0) is 18.1. The molecule has 0 radical (unpaired) electrons. The van der Waals surface area contributed by atoms with Crippen molar-refractivity contribution in [3.63, 3.8) is 0 Å². The molecule has 0 spiro atoms. The molecule has 3 atom stereocenters. The number of nitro groups is 2. The van der Waals surface area contributed by atoms with Gasteiger partial charge in [0.1, 0.15) is 6.04 Å². The maximum atomic E-state index is 11.5. The van der Waals surface area contributed by atoms with Crippen molar-refractivity contribution in [2.24, 2.45) is 0 Å². The highest BCUT2D eigenvalue weighted by molar-refractivity contribution is 5.75. The van der Waals surface area contributed by atoms with Crippen LogP contribution in [0.3, 0.4) is 0 Å². The molecule has 11 nitrogen and oxygen atoms in total. The zero-order valence-electron chi connectivity index (χ0n) is 12.7. The van der Waals surface area contributed by atoms with Gasteiger partial charge in [-0.05, 0) is 12.5 Å². The van der Waals surface area contributed by atoms with Crippen molar-refractivity contribution in [3.05, 3.63) is 32.4 Å². The summed E-state index contributed by atoms with van der Waals surface area (Å²) >= 11 is 0. The highest BCUT2D eigenvalue weighted by Gasteiger charge is 2.63. The summed E-state index contributed by atoms with van der Waals surface area (Å²) in [4.78, 5) is 45.2. The van der Waals surface area contributed by atoms with E-state index in [-0.39, 0.29) is 32.4 Å². The molecule has 1 aliphatic heterocycles. The van der Waals surface area contributed by atoms with E-state index in [4.69, 9.17) is 5.11 Å². The van der Waals surface area contributed by atoms with Gasteiger partial charge in [-0.1, -0.05) is 6.08 Å². The van der Waals surface area contributed by atoms with Crippen LogP contribution in [-0.4, -0.2) is 67.1 Å². The van der Waals surface area contributed by atoms with Gasteiger partial charge in [-0.2, -0.15) is 0 Å². The van der Waals surface area contributed by atoms with Crippen LogP contribution in [-0.2, 0) is 9.59 Å². The minimum atomic E-state index is -1.74. The van der Waals surface area contributed by atoms with Crippen molar-refractivity contribution in [1.29, 1.82) is 0 Å². The summed E-state index contributed by atoms with van der Waals surface area (Å²) in [5, 5.41) is 41.2. The fraction of sp³-hybridized carbons (Fsp3) is 0.692. The van der Waals surface area contributed by atoms with E-state index in [1.807, 2.05) is 0 Å². The zero-order valence-corrected chi connectivity index (χ0v) is 12.7. The average Bonchev–Trinajstić information content (AvgIpc) is 2.46. The molecule has 0 aromatic heterocycles. The fourth-order valence-corrected chi connectivity index (χ4v) is 3.54. The maximum Gasteiger partial charge on any atom is 0.320 e. The van der Waals surface area contributed by atoms with Crippen molar-refractivity contribution in [2.45, 2.75) is 42.8 Å². The van der Waals surface area contributed by atoms with Crippen LogP contribution in [0.1, 0.15) is 25.7 Å². The Morgan fingerprint density at radius 3 is 2.38 bits per heavy atom. The van der Waals surface area contributed by atoms with Crippen LogP contribution in [0.2, 0.25) is 0 Å². The highest BCUT2D eigenvalue weighted by Crippen LogP contribution is 2.41. The Morgan fingerprint density at radius 2 is 1.88 bits per heavy atom. The molecule has 24 heavy (non-hydrogen) atoms. The summed E-state index contributed by atoms with van der Waals surface area (Å²) in [6.45, 7) is -0.570. The summed E-state index contributed by atoms with van der Waals surface area (Å²) in [6, 6.07) is -1.33. The number of hydrogen-bond acceptors (Lipinski definition) is 7. The first kappa shape index (κ1) is 17.8. The molecule has 0 aromatic rings. The molecule has 2 bridgehead atoms. The Bertz CT molecular complexity index is 620. The van der Waals surface area contributed by atoms with E-state index in [1.54, 1.807) is 0 Å². The maximum absolute atomic E-state index is 11.5. The predicted octanol–water partition coefficient (Wildman–Crippen LogP) is 0.00100. The van der Waals surface area contributed by atoms with Gasteiger partial charge in [-0.15, -0.1) is 0 Å². The number of likely N-dealkylation sites (tertiary alicyclic amines) is 1. The predicted molar refractivity (Wildman–Crippen MR) is 77.7 cm³/mol. The lowest BCUT2D eigenvalue weighted by molar-refractivity contribution is -0.619. The van der Waals surface area contributed by atoms with Crippen molar-refractivity contribution >= 4 is 11.9 Å². The van der Waals surface area contributed by atoms with E-state index in [1.165, 1.54) is 17.1 Å². The number of hydrogen-bond donors (Lipinski definition) is 2. The van der Waals surface area contributed by atoms with Gasteiger partial charge in [-0.25, -0.2) is 0 Å². The van der Waals surface area contributed by atoms with Crippen LogP contribution in [0, 0.1) is 20.2 Å². The van der Waals surface area contributed by atoms with Gasteiger partial charge in [0.25, 0.3) is 5.54 Å². The van der Waals surface area contributed by atoms with E-state index < -0.39 is 45.3 Å². The van der Waals surface area contributed by atoms with E-state index >= 15 is 0 Å².